The summed E-state index contributed by atoms with van der Waals surface area (Å²) >= 11 is 0. The van der Waals surface area contributed by atoms with Crippen molar-refractivity contribution < 1.29 is 23.9 Å². The third-order valence-corrected chi connectivity index (χ3v) is 4.45. The molecule has 3 N–H and O–H groups in total. The fourth-order valence-corrected chi connectivity index (χ4v) is 2.93. The molecule has 0 aliphatic carbocycles. The monoisotopic (exact) mass is 395 g/mol. The van der Waals surface area contributed by atoms with Crippen molar-refractivity contribution in [1.82, 2.24) is 16.0 Å². The van der Waals surface area contributed by atoms with Gasteiger partial charge in [0.2, 0.25) is 11.7 Å². The van der Waals surface area contributed by atoms with E-state index in [1.54, 1.807) is 30.3 Å². The Balaban J connectivity index is 1.67. The van der Waals surface area contributed by atoms with E-state index in [0.29, 0.717) is 5.56 Å². The number of hydrogen-bond donors (Lipinski definition) is 3. The van der Waals surface area contributed by atoms with E-state index in [-0.39, 0.29) is 19.6 Å². The van der Waals surface area contributed by atoms with Gasteiger partial charge in [-0.3, -0.25) is 14.4 Å². The predicted octanol–water partition coefficient (Wildman–Crippen LogP) is 1.23. The van der Waals surface area contributed by atoms with Crippen LogP contribution in [0.3, 0.4) is 0 Å². The largest absolute Gasteiger partial charge is 0.445 e. The SMILES string of the molecule is O=C(NC(C(=O)NC1CCNC(=O)C1=O)c1ccccc1)OCc1ccccc1. The maximum atomic E-state index is 12.8. The number of hydrogen-bond acceptors (Lipinski definition) is 5. The van der Waals surface area contributed by atoms with E-state index in [0.717, 1.165) is 5.56 Å². The van der Waals surface area contributed by atoms with Crippen LogP contribution in [0.15, 0.2) is 60.7 Å². The van der Waals surface area contributed by atoms with Crippen molar-refractivity contribution >= 4 is 23.7 Å². The Kier molecular flexibility index (Phi) is 6.57. The highest BCUT2D eigenvalue weighted by molar-refractivity contribution is 6.39. The van der Waals surface area contributed by atoms with Crippen LogP contribution in [0.4, 0.5) is 4.79 Å². The first-order chi connectivity index (χ1) is 14.0. The molecule has 1 heterocycles. The first kappa shape index (κ1) is 20.1. The number of Topliss-reactive ketones (excluding diaryl/α,β-unsaturated/α-hetero) is 1. The highest BCUT2D eigenvalue weighted by Crippen LogP contribution is 2.15. The van der Waals surface area contributed by atoms with Gasteiger partial charge in [0.1, 0.15) is 12.6 Å². The molecule has 0 saturated carbocycles. The predicted molar refractivity (Wildman–Crippen MR) is 104 cm³/mol. The van der Waals surface area contributed by atoms with Crippen LogP contribution in [0.5, 0.6) is 0 Å². The highest BCUT2D eigenvalue weighted by atomic mass is 16.5. The number of benzene rings is 2. The van der Waals surface area contributed by atoms with Gasteiger partial charge < -0.3 is 20.7 Å². The molecule has 1 saturated heterocycles. The molecule has 150 valence electrons. The van der Waals surface area contributed by atoms with Crippen LogP contribution in [0.1, 0.15) is 23.6 Å². The average Bonchev–Trinajstić information content (AvgIpc) is 2.75. The number of ketones is 1. The third kappa shape index (κ3) is 5.41. The molecule has 2 atom stereocenters. The van der Waals surface area contributed by atoms with Crippen LogP contribution < -0.4 is 16.0 Å². The van der Waals surface area contributed by atoms with Crippen molar-refractivity contribution in [2.75, 3.05) is 6.54 Å². The van der Waals surface area contributed by atoms with E-state index < -0.39 is 35.8 Å². The number of alkyl carbamates (subject to hydrolysis) is 1. The molecule has 3 amide bonds. The average molecular weight is 395 g/mol. The zero-order valence-corrected chi connectivity index (χ0v) is 15.6. The first-order valence-electron chi connectivity index (χ1n) is 9.19. The zero-order valence-electron chi connectivity index (χ0n) is 15.6. The van der Waals surface area contributed by atoms with Gasteiger partial charge in [-0.1, -0.05) is 60.7 Å². The van der Waals surface area contributed by atoms with Crippen LogP contribution in [-0.4, -0.2) is 36.3 Å². The second-order valence-corrected chi connectivity index (χ2v) is 6.52. The minimum atomic E-state index is -1.07. The lowest BCUT2D eigenvalue weighted by Gasteiger charge is -2.25. The molecule has 0 aromatic heterocycles. The van der Waals surface area contributed by atoms with Crippen molar-refractivity contribution in [2.24, 2.45) is 0 Å². The second-order valence-electron chi connectivity index (χ2n) is 6.52. The number of rotatable bonds is 6. The normalized spacial score (nSPS) is 17.0. The minimum absolute atomic E-state index is 0.0527. The quantitative estimate of drug-likeness (QED) is 0.637. The molecule has 3 rings (SSSR count). The summed E-state index contributed by atoms with van der Waals surface area (Å²) in [4.78, 5) is 48.6. The Morgan fingerprint density at radius 2 is 1.69 bits per heavy atom. The Bertz CT molecular complexity index is 886. The Morgan fingerprint density at radius 1 is 1.03 bits per heavy atom. The van der Waals surface area contributed by atoms with E-state index in [1.807, 2.05) is 30.3 Å². The molecule has 0 spiro atoms. The lowest BCUT2D eigenvalue weighted by Crippen LogP contribution is -2.55. The lowest BCUT2D eigenvalue weighted by atomic mass is 10.0. The second kappa shape index (κ2) is 9.50. The van der Waals surface area contributed by atoms with E-state index in [2.05, 4.69) is 16.0 Å². The van der Waals surface area contributed by atoms with Gasteiger partial charge in [-0.15, -0.1) is 0 Å². The van der Waals surface area contributed by atoms with Crippen molar-refractivity contribution in [3.63, 3.8) is 0 Å². The molecule has 2 aromatic rings. The van der Waals surface area contributed by atoms with Crippen molar-refractivity contribution in [2.45, 2.75) is 25.1 Å². The zero-order chi connectivity index (χ0) is 20.6. The number of carbonyl (C=O) groups is 4. The molecule has 1 aliphatic rings. The fourth-order valence-electron chi connectivity index (χ4n) is 2.93. The molecule has 8 nitrogen and oxygen atoms in total. The molecular formula is C21H21N3O5. The van der Waals surface area contributed by atoms with Gasteiger partial charge in [0.15, 0.2) is 0 Å². The molecule has 0 radical (unpaired) electrons. The molecule has 1 fully saturated rings. The van der Waals surface area contributed by atoms with Gasteiger partial charge in [0, 0.05) is 6.54 Å². The van der Waals surface area contributed by atoms with Gasteiger partial charge in [-0.2, -0.15) is 0 Å². The number of nitrogens with one attached hydrogen (secondary N) is 3. The maximum absolute atomic E-state index is 12.8. The summed E-state index contributed by atoms with van der Waals surface area (Å²) in [6, 6.07) is 15.7. The van der Waals surface area contributed by atoms with Crippen LogP contribution in [-0.2, 0) is 25.7 Å². The smallest absolute Gasteiger partial charge is 0.408 e. The Hall–Kier alpha value is -3.68. The topological polar surface area (TPSA) is 114 Å². The number of piperidine rings is 1. The minimum Gasteiger partial charge on any atom is -0.445 e. The van der Waals surface area contributed by atoms with E-state index in [9.17, 15) is 19.2 Å². The standard InChI is InChI=1S/C21H21N3O5/c25-18-16(11-12-22-20(18)27)23-19(26)17(15-9-5-2-6-10-15)24-21(28)29-13-14-7-3-1-4-8-14/h1-10,16-17H,11-13H2,(H,22,27)(H,23,26)(H,24,28). The van der Waals surface area contributed by atoms with Crippen molar-refractivity contribution in [1.29, 1.82) is 0 Å². The van der Waals surface area contributed by atoms with Gasteiger partial charge in [-0.25, -0.2) is 4.79 Å². The van der Waals surface area contributed by atoms with E-state index in [1.165, 1.54) is 0 Å². The summed E-state index contributed by atoms with van der Waals surface area (Å²) in [7, 11) is 0. The van der Waals surface area contributed by atoms with Gasteiger partial charge in [0.05, 0.1) is 6.04 Å². The maximum Gasteiger partial charge on any atom is 0.408 e. The van der Waals surface area contributed by atoms with Crippen LogP contribution in [0.25, 0.3) is 0 Å². The molecule has 29 heavy (non-hydrogen) atoms. The Morgan fingerprint density at radius 3 is 2.38 bits per heavy atom. The summed E-state index contributed by atoms with van der Waals surface area (Å²) < 4.78 is 5.20. The summed E-state index contributed by atoms with van der Waals surface area (Å²) in [5.41, 5.74) is 1.33. The molecule has 1 aliphatic heterocycles. The summed E-state index contributed by atoms with van der Waals surface area (Å²) in [6.07, 6.45) is -0.485. The lowest BCUT2D eigenvalue weighted by molar-refractivity contribution is -0.141. The third-order valence-electron chi connectivity index (χ3n) is 4.45. The first-order valence-corrected chi connectivity index (χ1v) is 9.19. The fraction of sp³-hybridized carbons (Fsp3) is 0.238. The number of carbonyl (C=O) groups excluding carboxylic acids is 4. The highest BCUT2D eigenvalue weighted by Gasteiger charge is 2.33. The summed E-state index contributed by atoms with van der Waals surface area (Å²) in [5.74, 6) is -2.03. The number of amides is 3. The Labute approximate surface area is 167 Å². The van der Waals surface area contributed by atoms with Gasteiger partial charge >= 0.3 is 6.09 Å². The van der Waals surface area contributed by atoms with Crippen molar-refractivity contribution in [3.8, 4) is 0 Å². The van der Waals surface area contributed by atoms with E-state index >= 15 is 0 Å². The van der Waals surface area contributed by atoms with E-state index in [4.69, 9.17) is 4.74 Å². The molecule has 0 bridgehead atoms. The molecule has 2 aromatic carbocycles. The van der Waals surface area contributed by atoms with Crippen molar-refractivity contribution in [3.05, 3.63) is 71.8 Å². The van der Waals surface area contributed by atoms with Crippen LogP contribution >= 0.6 is 0 Å². The van der Waals surface area contributed by atoms with Gasteiger partial charge in [0.25, 0.3) is 5.91 Å². The molecule has 8 heteroatoms. The summed E-state index contributed by atoms with van der Waals surface area (Å²) in [5, 5.41) is 7.52. The molecule has 2 unspecified atom stereocenters. The summed E-state index contributed by atoms with van der Waals surface area (Å²) in [6.45, 7) is 0.342. The van der Waals surface area contributed by atoms with Gasteiger partial charge in [-0.05, 0) is 17.5 Å². The van der Waals surface area contributed by atoms with Crippen LogP contribution in [0.2, 0.25) is 0 Å². The number of ether oxygens (including phenoxy) is 1. The molecular weight excluding hydrogens is 374 g/mol. The van der Waals surface area contributed by atoms with Crippen LogP contribution in [0, 0.1) is 0 Å².